The lowest BCUT2D eigenvalue weighted by Gasteiger charge is -2.18. The maximum atomic E-state index is 12.6. The number of hydrogen-bond acceptors (Lipinski definition) is 7. The standard InChI is InChI=1S/C24H28N2O5S2/c1-5-31-23(28)21-16-9-6-14(2)12-19(16)33-22(21)26-24(32)25-20(27)11-8-15-7-10-17(29-3)18(13-15)30-4/h7-8,10-11,13-14H,5-6,9,12H2,1-4H3,(H2,25,26,27,32)/b11-8+. The molecule has 0 spiro atoms. The molecule has 0 aliphatic heterocycles. The molecule has 1 unspecified atom stereocenters. The number of rotatable bonds is 7. The zero-order valence-corrected chi connectivity index (χ0v) is 20.8. The third-order valence-electron chi connectivity index (χ3n) is 5.29. The molecule has 2 N–H and O–H groups in total. The summed E-state index contributed by atoms with van der Waals surface area (Å²) < 4.78 is 15.8. The molecule has 3 rings (SSSR count). The second-order valence-electron chi connectivity index (χ2n) is 7.67. The van der Waals surface area contributed by atoms with Gasteiger partial charge < -0.3 is 19.5 Å². The van der Waals surface area contributed by atoms with Gasteiger partial charge in [0.15, 0.2) is 16.6 Å². The zero-order chi connectivity index (χ0) is 24.0. The fraction of sp³-hybridized carbons (Fsp3) is 0.375. The summed E-state index contributed by atoms with van der Waals surface area (Å²) in [5.74, 6) is 0.978. The van der Waals surface area contributed by atoms with Crippen molar-refractivity contribution < 1.29 is 23.8 Å². The number of hydrogen-bond donors (Lipinski definition) is 2. The number of benzene rings is 1. The Morgan fingerprint density at radius 3 is 2.70 bits per heavy atom. The monoisotopic (exact) mass is 488 g/mol. The molecule has 1 amide bonds. The summed E-state index contributed by atoms with van der Waals surface area (Å²) in [5, 5.41) is 6.39. The highest BCUT2D eigenvalue weighted by atomic mass is 32.1. The number of amides is 1. The summed E-state index contributed by atoms with van der Waals surface area (Å²) in [4.78, 5) is 26.2. The topological polar surface area (TPSA) is 85.9 Å². The molecule has 0 saturated carbocycles. The SMILES string of the molecule is CCOC(=O)c1c(NC(=S)NC(=O)/C=C/c2ccc(OC)c(OC)c2)sc2c1CCC(C)C2. The summed E-state index contributed by atoms with van der Waals surface area (Å²) in [7, 11) is 3.11. The Bertz CT molecular complexity index is 1080. The predicted molar refractivity (Wildman–Crippen MR) is 134 cm³/mol. The van der Waals surface area contributed by atoms with Gasteiger partial charge in [-0.05, 0) is 73.7 Å². The van der Waals surface area contributed by atoms with Crippen molar-refractivity contribution in [1.82, 2.24) is 5.32 Å². The minimum Gasteiger partial charge on any atom is -0.493 e. The number of carbonyl (C=O) groups excluding carboxylic acids is 2. The van der Waals surface area contributed by atoms with E-state index < -0.39 is 5.91 Å². The first-order valence-corrected chi connectivity index (χ1v) is 11.9. The number of methoxy groups -OCH3 is 2. The number of fused-ring (bicyclic) bond motifs is 1. The lowest BCUT2D eigenvalue weighted by atomic mass is 9.88. The predicted octanol–water partition coefficient (Wildman–Crippen LogP) is 4.59. The van der Waals surface area contributed by atoms with Crippen molar-refractivity contribution in [2.24, 2.45) is 5.92 Å². The molecule has 176 valence electrons. The number of carbonyl (C=O) groups is 2. The molecule has 2 aromatic rings. The first-order valence-electron chi connectivity index (χ1n) is 10.7. The molecule has 1 aliphatic rings. The Kier molecular flexibility index (Phi) is 8.46. The molecule has 1 heterocycles. The van der Waals surface area contributed by atoms with Crippen LogP contribution in [0.4, 0.5) is 5.00 Å². The van der Waals surface area contributed by atoms with Crippen molar-refractivity contribution in [2.45, 2.75) is 33.1 Å². The Morgan fingerprint density at radius 1 is 1.24 bits per heavy atom. The van der Waals surface area contributed by atoms with E-state index in [1.54, 1.807) is 39.4 Å². The third kappa shape index (κ3) is 6.11. The van der Waals surface area contributed by atoms with Gasteiger partial charge in [0.05, 0.1) is 26.4 Å². The van der Waals surface area contributed by atoms with Crippen molar-refractivity contribution in [3.63, 3.8) is 0 Å². The van der Waals surface area contributed by atoms with E-state index in [1.807, 2.05) is 6.07 Å². The van der Waals surface area contributed by atoms with Crippen molar-refractivity contribution in [3.8, 4) is 11.5 Å². The van der Waals surface area contributed by atoms with E-state index in [9.17, 15) is 9.59 Å². The first kappa shape index (κ1) is 24.7. The second kappa shape index (κ2) is 11.3. The molecule has 0 bridgehead atoms. The molecular formula is C24H28N2O5S2. The largest absolute Gasteiger partial charge is 0.493 e. The van der Waals surface area contributed by atoms with E-state index in [0.29, 0.717) is 34.6 Å². The molecule has 9 heteroatoms. The van der Waals surface area contributed by atoms with Gasteiger partial charge in [-0.1, -0.05) is 13.0 Å². The molecule has 1 aromatic carbocycles. The van der Waals surface area contributed by atoms with E-state index in [0.717, 1.165) is 30.4 Å². The van der Waals surface area contributed by atoms with Crippen LogP contribution < -0.4 is 20.1 Å². The van der Waals surface area contributed by atoms with Gasteiger partial charge in [0.2, 0.25) is 5.91 Å². The number of ether oxygens (including phenoxy) is 3. The van der Waals surface area contributed by atoms with Gasteiger partial charge in [0, 0.05) is 11.0 Å². The fourth-order valence-corrected chi connectivity index (χ4v) is 5.34. The second-order valence-corrected chi connectivity index (χ2v) is 9.18. The average Bonchev–Trinajstić information content (AvgIpc) is 3.14. The Morgan fingerprint density at radius 2 is 2.00 bits per heavy atom. The van der Waals surface area contributed by atoms with E-state index >= 15 is 0 Å². The van der Waals surface area contributed by atoms with Crippen LogP contribution in [-0.2, 0) is 22.4 Å². The molecule has 1 atom stereocenters. The summed E-state index contributed by atoms with van der Waals surface area (Å²) in [6, 6.07) is 5.34. The van der Waals surface area contributed by atoms with E-state index in [1.165, 1.54) is 22.3 Å². The lowest BCUT2D eigenvalue weighted by Crippen LogP contribution is -2.33. The molecular weight excluding hydrogens is 460 g/mol. The number of thiophene rings is 1. The van der Waals surface area contributed by atoms with Gasteiger partial charge in [-0.25, -0.2) is 4.79 Å². The summed E-state index contributed by atoms with van der Waals surface area (Å²) in [5.41, 5.74) is 2.33. The minimum absolute atomic E-state index is 0.120. The number of anilines is 1. The minimum atomic E-state index is -0.394. The van der Waals surface area contributed by atoms with Crippen LogP contribution in [0.25, 0.3) is 6.08 Å². The van der Waals surface area contributed by atoms with Crippen LogP contribution in [-0.4, -0.2) is 37.8 Å². The highest BCUT2D eigenvalue weighted by Gasteiger charge is 2.28. The van der Waals surface area contributed by atoms with Crippen molar-refractivity contribution in [1.29, 1.82) is 0 Å². The van der Waals surface area contributed by atoms with Gasteiger partial charge >= 0.3 is 5.97 Å². The van der Waals surface area contributed by atoms with Crippen LogP contribution in [0, 0.1) is 5.92 Å². The van der Waals surface area contributed by atoms with E-state index in [2.05, 4.69) is 17.6 Å². The van der Waals surface area contributed by atoms with Crippen molar-refractivity contribution in [2.75, 3.05) is 26.1 Å². The first-order chi connectivity index (χ1) is 15.9. The van der Waals surface area contributed by atoms with E-state index in [-0.39, 0.29) is 11.1 Å². The van der Waals surface area contributed by atoms with E-state index in [4.69, 9.17) is 26.4 Å². The molecule has 0 saturated heterocycles. The number of thiocarbonyl (C=S) groups is 1. The van der Waals surface area contributed by atoms with Crippen LogP contribution in [0.3, 0.4) is 0 Å². The van der Waals surface area contributed by atoms with Crippen LogP contribution in [0.1, 0.15) is 46.6 Å². The van der Waals surface area contributed by atoms with Gasteiger partial charge in [-0.2, -0.15) is 0 Å². The Hall–Kier alpha value is -2.91. The maximum absolute atomic E-state index is 12.6. The van der Waals surface area contributed by atoms with Gasteiger partial charge in [0.1, 0.15) is 5.00 Å². The van der Waals surface area contributed by atoms with Crippen LogP contribution >= 0.6 is 23.6 Å². The van der Waals surface area contributed by atoms with Crippen molar-refractivity contribution in [3.05, 3.63) is 45.8 Å². The van der Waals surface area contributed by atoms with Crippen molar-refractivity contribution >= 4 is 51.6 Å². The Labute approximate surface area is 203 Å². The Balaban J connectivity index is 1.70. The maximum Gasteiger partial charge on any atom is 0.341 e. The smallest absolute Gasteiger partial charge is 0.341 e. The lowest BCUT2D eigenvalue weighted by molar-refractivity contribution is -0.115. The van der Waals surface area contributed by atoms with Crippen LogP contribution in [0.5, 0.6) is 11.5 Å². The summed E-state index contributed by atoms with van der Waals surface area (Å²) in [6.45, 7) is 4.28. The zero-order valence-electron chi connectivity index (χ0n) is 19.2. The highest BCUT2D eigenvalue weighted by molar-refractivity contribution is 7.80. The normalized spacial score (nSPS) is 15.0. The number of esters is 1. The quantitative estimate of drug-likeness (QED) is 0.335. The highest BCUT2D eigenvalue weighted by Crippen LogP contribution is 2.40. The molecule has 7 nitrogen and oxygen atoms in total. The molecule has 0 radical (unpaired) electrons. The number of nitrogens with one attached hydrogen (secondary N) is 2. The van der Waals surface area contributed by atoms with Gasteiger partial charge in [0.25, 0.3) is 0 Å². The molecule has 0 fully saturated rings. The van der Waals surface area contributed by atoms with Gasteiger partial charge in [-0.15, -0.1) is 11.3 Å². The van der Waals surface area contributed by atoms with Crippen LogP contribution in [0.2, 0.25) is 0 Å². The third-order valence-corrected chi connectivity index (χ3v) is 6.66. The molecule has 1 aromatic heterocycles. The summed E-state index contributed by atoms with van der Waals surface area (Å²) >= 11 is 6.83. The van der Waals surface area contributed by atoms with Crippen LogP contribution in [0.15, 0.2) is 24.3 Å². The summed E-state index contributed by atoms with van der Waals surface area (Å²) in [6.07, 6.45) is 5.80. The fourth-order valence-electron chi connectivity index (χ4n) is 3.67. The average molecular weight is 489 g/mol. The van der Waals surface area contributed by atoms with Gasteiger partial charge in [-0.3, -0.25) is 10.1 Å². The molecule has 33 heavy (non-hydrogen) atoms. The molecule has 1 aliphatic carbocycles.